The molecule has 0 saturated heterocycles. The Morgan fingerprint density at radius 3 is 1.78 bits per heavy atom. The third-order valence-corrected chi connectivity index (χ3v) is 10.9. The molecule has 0 unspecified atom stereocenters. The zero-order valence-corrected chi connectivity index (χ0v) is 29.8. The van der Waals surface area contributed by atoms with E-state index in [0.29, 0.717) is 5.82 Å². The molecule has 55 heavy (non-hydrogen) atoms. The molecule has 2 heterocycles. The van der Waals surface area contributed by atoms with Gasteiger partial charge in [-0.2, -0.15) is 0 Å². The summed E-state index contributed by atoms with van der Waals surface area (Å²) in [6.45, 7) is 0. The molecule has 0 saturated carbocycles. The Kier molecular flexibility index (Phi) is 7.17. The molecule has 0 radical (unpaired) electrons. The first-order valence-corrected chi connectivity index (χ1v) is 18.6. The lowest BCUT2D eigenvalue weighted by molar-refractivity contribution is 0.670. The monoisotopic (exact) mass is 700 g/mol. The van der Waals surface area contributed by atoms with Crippen LogP contribution in [0.4, 0.5) is 0 Å². The summed E-state index contributed by atoms with van der Waals surface area (Å²) in [5, 5.41) is 9.63. The predicted octanol–water partition coefficient (Wildman–Crippen LogP) is 14.2. The average Bonchev–Trinajstić information content (AvgIpc) is 3.65. The fraction of sp³-hybridized carbons (Fsp3) is 0. The number of hydrogen-bond donors (Lipinski definition) is 0. The first-order chi connectivity index (χ1) is 27.2. The van der Waals surface area contributed by atoms with Gasteiger partial charge in [-0.15, -0.1) is 0 Å². The van der Waals surface area contributed by atoms with E-state index < -0.39 is 0 Å². The Balaban J connectivity index is 1.08. The van der Waals surface area contributed by atoms with Gasteiger partial charge in [0.1, 0.15) is 11.2 Å². The Hall–Kier alpha value is -7.36. The van der Waals surface area contributed by atoms with Crippen LogP contribution in [-0.4, -0.2) is 9.97 Å². The molecule has 256 valence electrons. The van der Waals surface area contributed by atoms with Gasteiger partial charge in [0.15, 0.2) is 5.82 Å². The van der Waals surface area contributed by atoms with E-state index in [1.165, 1.54) is 43.4 Å². The van der Waals surface area contributed by atoms with E-state index in [9.17, 15) is 0 Å². The topological polar surface area (TPSA) is 38.9 Å². The maximum Gasteiger partial charge on any atom is 0.160 e. The number of nitrogens with zero attached hydrogens (tertiary/aromatic N) is 2. The Labute approximate surface area is 317 Å². The normalized spacial score (nSPS) is 11.6. The predicted molar refractivity (Wildman–Crippen MR) is 229 cm³/mol. The van der Waals surface area contributed by atoms with Gasteiger partial charge in [-0.25, -0.2) is 9.97 Å². The maximum absolute atomic E-state index is 6.50. The fourth-order valence-corrected chi connectivity index (χ4v) is 8.19. The van der Waals surface area contributed by atoms with E-state index >= 15 is 0 Å². The van der Waals surface area contributed by atoms with Gasteiger partial charge in [0, 0.05) is 27.5 Å². The zero-order chi connectivity index (χ0) is 36.3. The second kappa shape index (κ2) is 12.6. The summed E-state index contributed by atoms with van der Waals surface area (Å²) in [4.78, 5) is 10.5. The highest BCUT2D eigenvalue weighted by Gasteiger charge is 2.18. The van der Waals surface area contributed by atoms with Crippen LogP contribution in [0.25, 0.3) is 110 Å². The third kappa shape index (κ3) is 5.28. The van der Waals surface area contributed by atoms with Gasteiger partial charge in [-0.05, 0) is 78.8 Å². The number of para-hydroxylation sites is 2. The highest BCUT2D eigenvalue weighted by atomic mass is 16.3. The molecule has 2 aromatic heterocycles. The third-order valence-electron chi connectivity index (χ3n) is 10.9. The van der Waals surface area contributed by atoms with Gasteiger partial charge in [-0.1, -0.05) is 170 Å². The number of benzene rings is 9. The van der Waals surface area contributed by atoms with Gasteiger partial charge in [-0.3, -0.25) is 0 Å². The second-order valence-electron chi connectivity index (χ2n) is 14.1. The fourth-order valence-electron chi connectivity index (χ4n) is 8.19. The summed E-state index contributed by atoms with van der Waals surface area (Å²) >= 11 is 0. The van der Waals surface area contributed by atoms with Crippen LogP contribution in [0.2, 0.25) is 0 Å². The summed E-state index contributed by atoms with van der Waals surface area (Å²) in [7, 11) is 0. The van der Waals surface area contributed by atoms with Crippen LogP contribution >= 0.6 is 0 Å². The lowest BCUT2D eigenvalue weighted by Crippen LogP contribution is -1.96. The summed E-state index contributed by atoms with van der Waals surface area (Å²) in [6, 6.07) is 68.6. The van der Waals surface area contributed by atoms with Crippen LogP contribution in [0.5, 0.6) is 0 Å². The number of aromatic nitrogens is 2. The smallest absolute Gasteiger partial charge is 0.160 e. The van der Waals surface area contributed by atoms with E-state index in [4.69, 9.17) is 14.4 Å². The molecular formula is C52H32N2O. The molecule has 3 heteroatoms. The van der Waals surface area contributed by atoms with E-state index in [1.54, 1.807) is 0 Å². The molecule has 3 nitrogen and oxygen atoms in total. The number of furan rings is 1. The van der Waals surface area contributed by atoms with Crippen molar-refractivity contribution in [1.29, 1.82) is 0 Å². The average molecular weight is 701 g/mol. The standard InChI is InChI=1S/C52H32N2O/c1-2-11-33(12-3-1)34-21-23-36(24-22-34)47-32-48(45-19-10-18-44-42-17-8-9-20-49(42)55-51(44)45)54-52(53-47)38-27-25-37(26-28-38)50-41-16-7-5-14-39(41)31-46-40-15-6-4-13-35(40)29-30-43(46)50/h1-32H. The first-order valence-electron chi connectivity index (χ1n) is 18.6. The van der Waals surface area contributed by atoms with E-state index in [1.807, 2.05) is 18.2 Å². The van der Waals surface area contributed by atoms with Gasteiger partial charge < -0.3 is 4.42 Å². The summed E-state index contributed by atoms with van der Waals surface area (Å²) < 4.78 is 6.50. The Morgan fingerprint density at radius 2 is 0.945 bits per heavy atom. The van der Waals surface area contributed by atoms with Crippen molar-refractivity contribution >= 4 is 54.3 Å². The molecule has 11 rings (SSSR count). The molecule has 0 aliphatic carbocycles. The number of fused-ring (bicyclic) bond motifs is 7. The molecule has 9 aromatic carbocycles. The zero-order valence-electron chi connectivity index (χ0n) is 29.8. The summed E-state index contributed by atoms with van der Waals surface area (Å²) in [5.41, 5.74) is 11.0. The molecule has 11 aromatic rings. The lowest BCUT2D eigenvalue weighted by atomic mass is 9.89. The maximum atomic E-state index is 6.50. The van der Waals surface area contributed by atoms with Crippen molar-refractivity contribution in [2.24, 2.45) is 0 Å². The molecule has 0 aliphatic heterocycles. The van der Waals surface area contributed by atoms with Gasteiger partial charge >= 0.3 is 0 Å². The van der Waals surface area contributed by atoms with E-state index in [2.05, 4.69) is 176 Å². The quantitative estimate of drug-likeness (QED) is 0.133. The van der Waals surface area contributed by atoms with Gasteiger partial charge in [0.05, 0.1) is 11.4 Å². The highest BCUT2D eigenvalue weighted by Crippen LogP contribution is 2.41. The van der Waals surface area contributed by atoms with Crippen LogP contribution < -0.4 is 0 Å². The number of hydrogen-bond acceptors (Lipinski definition) is 3. The van der Waals surface area contributed by atoms with E-state index in [0.717, 1.165) is 61.1 Å². The van der Waals surface area contributed by atoms with Crippen molar-refractivity contribution in [2.45, 2.75) is 0 Å². The number of rotatable bonds is 5. The minimum atomic E-state index is 0.660. The molecular weight excluding hydrogens is 669 g/mol. The Bertz CT molecular complexity index is 3230. The first kappa shape index (κ1) is 31.2. The van der Waals surface area contributed by atoms with Gasteiger partial charge in [0.25, 0.3) is 0 Å². The Morgan fingerprint density at radius 1 is 0.327 bits per heavy atom. The van der Waals surface area contributed by atoms with Gasteiger partial charge in [0.2, 0.25) is 0 Å². The minimum absolute atomic E-state index is 0.660. The minimum Gasteiger partial charge on any atom is -0.455 e. The van der Waals surface area contributed by atoms with Crippen molar-refractivity contribution in [3.63, 3.8) is 0 Å². The van der Waals surface area contributed by atoms with Crippen molar-refractivity contribution in [1.82, 2.24) is 9.97 Å². The summed E-state index contributed by atoms with van der Waals surface area (Å²) in [5.74, 6) is 0.660. The van der Waals surface area contributed by atoms with Crippen molar-refractivity contribution in [2.75, 3.05) is 0 Å². The van der Waals surface area contributed by atoms with E-state index in [-0.39, 0.29) is 0 Å². The van der Waals surface area contributed by atoms with Crippen LogP contribution in [0.3, 0.4) is 0 Å². The molecule has 0 atom stereocenters. The van der Waals surface area contributed by atoms with Crippen molar-refractivity contribution < 1.29 is 4.42 Å². The van der Waals surface area contributed by atoms with Crippen molar-refractivity contribution in [3.05, 3.63) is 194 Å². The molecule has 0 fully saturated rings. The molecule has 0 spiro atoms. The highest BCUT2D eigenvalue weighted by molar-refractivity contribution is 6.20. The molecule has 0 aliphatic rings. The molecule has 0 amide bonds. The van der Waals surface area contributed by atoms with Crippen LogP contribution in [-0.2, 0) is 0 Å². The molecule has 0 bridgehead atoms. The van der Waals surface area contributed by atoms with Crippen LogP contribution in [0, 0.1) is 0 Å². The SMILES string of the molecule is c1ccc(-c2ccc(-c3cc(-c4cccc5c4oc4ccccc45)nc(-c4ccc(-c5c6ccccc6cc6c5ccc5ccccc56)cc4)n3)cc2)cc1. The lowest BCUT2D eigenvalue weighted by Gasteiger charge is -2.15. The summed E-state index contributed by atoms with van der Waals surface area (Å²) in [6.07, 6.45) is 0. The van der Waals surface area contributed by atoms with Crippen LogP contribution in [0.15, 0.2) is 199 Å². The van der Waals surface area contributed by atoms with Crippen LogP contribution in [0.1, 0.15) is 0 Å². The largest absolute Gasteiger partial charge is 0.455 e. The molecule has 0 N–H and O–H groups in total. The van der Waals surface area contributed by atoms with Crippen molar-refractivity contribution in [3.8, 4) is 56.2 Å². The second-order valence-corrected chi connectivity index (χ2v) is 14.1.